The topological polar surface area (TPSA) is 67.9 Å². The second-order valence-electron chi connectivity index (χ2n) is 6.18. The summed E-state index contributed by atoms with van der Waals surface area (Å²) in [6, 6.07) is 13.5. The van der Waals surface area contributed by atoms with Crippen LogP contribution in [-0.4, -0.2) is 21.5 Å². The van der Waals surface area contributed by atoms with E-state index in [0.717, 1.165) is 28.8 Å². The summed E-state index contributed by atoms with van der Waals surface area (Å²) in [7, 11) is 0. The van der Waals surface area contributed by atoms with Crippen LogP contribution in [0.2, 0.25) is 0 Å². The Bertz CT molecular complexity index is 809. The van der Waals surface area contributed by atoms with Crippen LogP contribution in [0.5, 0.6) is 5.75 Å². The van der Waals surface area contributed by atoms with E-state index in [1.165, 1.54) is 0 Å². The number of rotatable bonds is 6. The molecule has 0 aliphatic rings. The molecule has 122 valence electrons. The summed E-state index contributed by atoms with van der Waals surface area (Å²) < 4.78 is 5.79. The normalized spacial score (nSPS) is 11.2. The summed E-state index contributed by atoms with van der Waals surface area (Å²) in [4.78, 5) is 15.6. The number of aromatic nitrogens is 3. The van der Waals surface area contributed by atoms with E-state index in [4.69, 9.17) is 4.74 Å². The van der Waals surface area contributed by atoms with Gasteiger partial charge in [0.15, 0.2) is 0 Å². The lowest BCUT2D eigenvalue weighted by atomic mass is 9.85. The lowest BCUT2D eigenvalue weighted by Crippen LogP contribution is -2.18. The third kappa shape index (κ3) is 3.51. The molecule has 0 spiro atoms. The molecular formula is C19H19N3O2. The van der Waals surface area contributed by atoms with Crippen LogP contribution < -0.4 is 4.74 Å². The monoisotopic (exact) mass is 321 g/mol. The number of aldehydes is 1. The van der Waals surface area contributed by atoms with Crippen LogP contribution in [0, 0.1) is 0 Å². The molecule has 0 saturated carbocycles. The first-order valence-electron chi connectivity index (χ1n) is 7.73. The second kappa shape index (κ2) is 6.66. The molecule has 1 N–H and O–H groups in total. The van der Waals surface area contributed by atoms with Crippen LogP contribution in [0.25, 0.3) is 11.4 Å². The molecule has 0 unspecified atom stereocenters. The predicted octanol–water partition coefficient (Wildman–Crippen LogP) is 3.53. The molecule has 3 aromatic rings. The van der Waals surface area contributed by atoms with Crippen molar-refractivity contribution < 1.29 is 9.53 Å². The number of carbonyl (C=O) groups is 1. The van der Waals surface area contributed by atoms with Gasteiger partial charge in [-0.3, -0.25) is 10.1 Å². The van der Waals surface area contributed by atoms with Crippen molar-refractivity contribution in [2.75, 3.05) is 0 Å². The number of hydrogen-bond donors (Lipinski definition) is 1. The lowest BCUT2D eigenvalue weighted by molar-refractivity contribution is -0.111. The van der Waals surface area contributed by atoms with E-state index in [9.17, 15) is 4.79 Å². The molecule has 0 fully saturated rings. The molecule has 5 heteroatoms. The molecule has 2 heterocycles. The summed E-state index contributed by atoms with van der Waals surface area (Å²) >= 11 is 0. The Balaban J connectivity index is 1.68. The van der Waals surface area contributed by atoms with Gasteiger partial charge in [0.05, 0.1) is 17.6 Å². The Kier molecular flexibility index (Phi) is 4.42. The molecule has 0 aliphatic heterocycles. The number of hydrogen-bond acceptors (Lipinski definition) is 4. The van der Waals surface area contributed by atoms with Crippen molar-refractivity contribution in [3.05, 3.63) is 66.0 Å². The van der Waals surface area contributed by atoms with Crippen LogP contribution in [0.1, 0.15) is 25.0 Å². The van der Waals surface area contributed by atoms with Gasteiger partial charge >= 0.3 is 0 Å². The van der Waals surface area contributed by atoms with E-state index in [1.807, 2.05) is 56.3 Å². The average Bonchev–Trinajstić information content (AvgIpc) is 3.15. The average molecular weight is 321 g/mol. The van der Waals surface area contributed by atoms with E-state index < -0.39 is 5.41 Å². The van der Waals surface area contributed by atoms with Gasteiger partial charge in [0.25, 0.3) is 0 Å². The fourth-order valence-corrected chi connectivity index (χ4v) is 2.32. The zero-order chi connectivity index (χ0) is 17.0. The van der Waals surface area contributed by atoms with Gasteiger partial charge in [-0.05, 0) is 43.2 Å². The minimum absolute atomic E-state index is 0.424. The molecule has 3 rings (SSSR count). The smallest absolute Gasteiger partial charge is 0.138 e. The molecule has 24 heavy (non-hydrogen) atoms. The summed E-state index contributed by atoms with van der Waals surface area (Å²) in [6.07, 6.45) is 4.34. The van der Waals surface area contributed by atoms with Gasteiger partial charge in [-0.2, -0.15) is 5.10 Å². The molecule has 0 radical (unpaired) electrons. The molecule has 2 aromatic heterocycles. The number of ether oxygens (including phenoxy) is 1. The number of pyridine rings is 1. The highest BCUT2D eigenvalue weighted by Crippen LogP contribution is 2.22. The Morgan fingerprint density at radius 2 is 2.08 bits per heavy atom. The van der Waals surface area contributed by atoms with Gasteiger partial charge in [-0.25, -0.2) is 0 Å². The number of benzene rings is 1. The van der Waals surface area contributed by atoms with Crippen molar-refractivity contribution in [1.82, 2.24) is 15.2 Å². The minimum atomic E-state index is -0.497. The maximum atomic E-state index is 11.2. The van der Waals surface area contributed by atoms with E-state index in [-0.39, 0.29) is 0 Å². The number of carbonyl (C=O) groups excluding carboxylic acids is 1. The largest absolute Gasteiger partial charge is 0.487 e. The van der Waals surface area contributed by atoms with Crippen LogP contribution in [0.3, 0.4) is 0 Å². The molecule has 0 aliphatic carbocycles. The molecule has 0 atom stereocenters. The molecule has 0 saturated heterocycles. The molecular weight excluding hydrogens is 302 g/mol. The van der Waals surface area contributed by atoms with E-state index in [1.54, 1.807) is 12.4 Å². The Labute approximate surface area is 140 Å². The van der Waals surface area contributed by atoms with Gasteiger partial charge in [0, 0.05) is 11.6 Å². The van der Waals surface area contributed by atoms with Crippen molar-refractivity contribution in [2.24, 2.45) is 0 Å². The Morgan fingerprint density at radius 3 is 2.75 bits per heavy atom. The fraction of sp³-hybridized carbons (Fsp3) is 0.211. The van der Waals surface area contributed by atoms with E-state index in [0.29, 0.717) is 12.4 Å². The van der Waals surface area contributed by atoms with Crippen LogP contribution in [-0.2, 0) is 16.8 Å². The van der Waals surface area contributed by atoms with Gasteiger partial charge in [-0.15, -0.1) is 0 Å². The van der Waals surface area contributed by atoms with Crippen LogP contribution in [0.4, 0.5) is 0 Å². The van der Waals surface area contributed by atoms with Crippen molar-refractivity contribution in [3.8, 4) is 17.1 Å². The summed E-state index contributed by atoms with van der Waals surface area (Å²) in [6.45, 7) is 4.23. The van der Waals surface area contributed by atoms with Crippen molar-refractivity contribution in [2.45, 2.75) is 25.9 Å². The zero-order valence-corrected chi connectivity index (χ0v) is 13.7. The number of aromatic amines is 1. The standard InChI is InChI=1S/C19H19N3O2/c1-19(2,13-23)15-5-3-4-14(10-15)12-24-16-6-7-17(20-11-16)18-8-9-21-22-18/h3-11,13H,12H2,1-2H3,(H,21,22). The summed E-state index contributed by atoms with van der Waals surface area (Å²) in [5, 5.41) is 6.79. The first-order chi connectivity index (χ1) is 11.6. The highest BCUT2D eigenvalue weighted by Gasteiger charge is 2.19. The minimum Gasteiger partial charge on any atom is -0.487 e. The maximum absolute atomic E-state index is 11.2. The zero-order valence-electron chi connectivity index (χ0n) is 13.7. The highest BCUT2D eigenvalue weighted by atomic mass is 16.5. The van der Waals surface area contributed by atoms with Crippen molar-refractivity contribution in [1.29, 1.82) is 0 Å². The van der Waals surface area contributed by atoms with Crippen LogP contribution >= 0.6 is 0 Å². The Hall–Kier alpha value is -2.95. The SMILES string of the molecule is CC(C)(C=O)c1cccc(COc2ccc(-c3ccn[nH]3)nc2)c1. The maximum Gasteiger partial charge on any atom is 0.138 e. The highest BCUT2D eigenvalue weighted by molar-refractivity contribution is 5.67. The van der Waals surface area contributed by atoms with Crippen molar-refractivity contribution in [3.63, 3.8) is 0 Å². The first-order valence-corrected chi connectivity index (χ1v) is 7.73. The van der Waals surface area contributed by atoms with E-state index >= 15 is 0 Å². The van der Waals surface area contributed by atoms with E-state index in [2.05, 4.69) is 15.2 Å². The van der Waals surface area contributed by atoms with Crippen molar-refractivity contribution >= 4 is 6.29 Å². The second-order valence-corrected chi connectivity index (χ2v) is 6.18. The first kappa shape index (κ1) is 15.9. The lowest BCUT2D eigenvalue weighted by Gasteiger charge is -2.18. The van der Waals surface area contributed by atoms with Crippen LogP contribution in [0.15, 0.2) is 54.9 Å². The number of H-pyrrole nitrogens is 1. The molecule has 1 aromatic carbocycles. The fourth-order valence-electron chi connectivity index (χ4n) is 2.32. The number of nitrogens with zero attached hydrogens (tertiary/aromatic N) is 2. The third-order valence-corrected chi connectivity index (χ3v) is 3.88. The summed E-state index contributed by atoms with van der Waals surface area (Å²) in [5.74, 6) is 0.693. The quantitative estimate of drug-likeness (QED) is 0.705. The van der Waals surface area contributed by atoms with Gasteiger partial charge in [0.1, 0.15) is 18.6 Å². The number of nitrogens with one attached hydrogen (secondary N) is 1. The molecule has 5 nitrogen and oxygen atoms in total. The van der Waals surface area contributed by atoms with Gasteiger partial charge < -0.3 is 9.53 Å². The molecule has 0 amide bonds. The third-order valence-electron chi connectivity index (χ3n) is 3.88. The predicted molar refractivity (Wildman–Crippen MR) is 91.7 cm³/mol. The van der Waals surface area contributed by atoms with Gasteiger partial charge in [-0.1, -0.05) is 24.3 Å². The molecule has 0 bridgehead atoms. The van der Waals surface area contributed by atoms with Gasteiger partial charge in [0.2, 0.25) is 0 Å². The summed E-state index contributed by atoms with van der Waals surface area (Å²) in [5.41, 5.74) is 3.18. The Morgan fingerprint density at radius 1 is 1.21 bits per heavy atom.